The third-order valence-electron chi connectivity index (χ3n) is 4.28. The highest BCUT2D eigenvalue weighted by Crippen LogP contribution is 2.34. The van der Waals surface area contributed by atoms with Gasteiger partial charge in [-0.3, -0.25) is 4.79 Å². The second-order valence-corrected chi connectivity index (χ2v) is 7.75. The van der Waals surface area contributed by atoms with Crippen molar-refractivity contribution in [2.45, 2.75) is 37.8 Å². The SMILES string of the molecule is CNS(=O)(=O)CC(=O)N(C1CC1)C1Cc2ccccc2C1. The van der Waals surface area contributed by atoms with Gasteiger partial charge in [0.15, 0.2) is 0 Å². The lowest BCUT2D eigenvalue weighted by Crippen LogP contribution is -2.46. The van der Waals surface area contributed by atoms with Gasteiger partial charge in [0.05, 0.1) is 0 Å². The Hall–Kier alpha value is -1.40. The highest BCUT2D eigenvalue weighted by Gasteiger charge is 2.40. The van der Waals surface area contributed by atoms with E-state index in [2.05, 4.69) is 16.9 Å². The molecule has 0 heterocycles. The highest BCUT2D eigenvalue weighted by molar-refractivity contribution is 7.90. The largest absolute Gasteiger partial charge is 0.335 e. The quantitative estimate of drug-likeness (QED) is 0.870. The summed E-state index contributed by atoms with van der Waals surface area (Å²) in [7, 11) is -2.16. The zero-order valence-electron chi connectivity index (χ0n) is 12.1. The van der Waals surface area contributed by atoms with Crippen LogP contribution in [0.4, 0.5) is 0 Å². The molecule has 3 rings (SSSR count). The third-order valence-corrected chi connectivity index (χ3v) is 5.52. The van der Waals surface area contributed by atoms with Crippen molar-refractivity contribution in [2.24, 2.45) is 0 Å². The molecule has 1 aromatic carbocycles. The predicted octanol–water partition coefficient (Wildman–Crippen LogP) is 0.694. The number of fused-ring (bicyclic) bond motifs is 1. The van der Waals surface area contributed by atoms with Crippen LogP contribution in [-0.2, 0) is 27.7 Å². The number of carbonyl (C=O) groups excluding carboxylic acids is 1. The second kappa shape index (κ2) is 5.42. The smallest absolute Gasteiger partial charge is 0.239 e. The van der Waals surface area contributed by atoms with Crippen molar-refractivity contribution in [2.75, 3.05) is 12.8 Å². The van der Waals surface area contributed by atoms with Gasteiger partial charge in [-0.2, -0.15) is 0 Å². The maximum absolute atomic E-state index is 12.4. The number of rotatable bonds is 5. The van der Waals surface area contributed by atoms with Gasteiger partial charge in [0.1, 0.15) is 5.75 Å². The summed E-state index contributed by atoms with van der Waals surface area (Å²) in [6, 6.07) is 8.54. The van der Waals surface area contributed by atoms with E-state index in [1.807, 2.05) is 17.0 Å². The van der Waals surface area contributed by atoms with E-state index in [-0.39, 0.29) is 18.0 Å². The Kier molecular flexibility index (Phi) is 3.75. The molecule has 0 atom stereocenters. The molecule has 1 saturated carbocycles. The van der Waals surface area contributed by atoms with Gasteiger partial charge in [-0.15, -0.1) is 0 Å². The Morgan fingerprint density at radius 3 is 2.24 bits per heavy atom. The fourth-order valence-corrected chi connectivity index (χ4v) is 3.72. The molecular weight excluding hydrogens is 288 g/mol. The predicted molar refractivity (Wildman–Crippen MR) is 80.4 cm³/mol. The van der Waals surface area contributed by atoms with Crippen LogP contribution >= 0.6 is 0 Å². The second-order valence-electron chi connectivity index (χ2n) is 5.83. The van der Waals surface area contributed by atoms with Crippen molar-refractivity contribution in [3.8, 4) is 0 Å². The van der Waals surface area contributed by atoms with Crippen molar-refractivity contribution < 1.29 is 13.2 Å². The molecule has 6 heteroatoms. The van der Waals surface area contributed by atoms with E-state index >= 15 is 0 Å². The fraction of sp³-hybridized carbons (Fsp3) is 0.533. The minimum Gasteiger partial charge on any atom is -0.335 e. The van der Waals surface area contributed by atoms with Crippen LogP contribution < -0.4 is 4.72 Å². The number of hydrogen-bond donors (Lipinski definition) is 1. The van der Waals surface area contributed by atoms with E-state index in [9.17, 15) is 13.2 Å². The van der Waals surface area contributed by atoms with Crippen LogP contribution in [0.1, 0.15) is 24.0 Å². The summed E-state index contributed by atoms with van der Waals surface area (Å²) in [5.74, 6) is -0.725. The summed E-state index contributed by atoms with van der Waals surface area (Å²) in [6.45, 7) is 0. The van der Waals surface area contributed by atoms with Crippen molar-refractivity contribution in [3.63, 3.8) is 0 Å². The first-order chi connectivity index (χ1) is 10.00. The standard InChI is InChI=1S/C15H20N2O3S/c1-16-21(19,20)10-15(18)17(13-6-7-13)14-8-11-4-2-3-5-12(11)9-14/h2-5,13-14,16H,6-10H2,1H3. The molecule has 114 valence electrons. The Balaban J connectivity index is 1.76. The highest BCUT2D eigenvalue weighted by atomic mass is 32.2. The minimum atomic E-state index is -3.51. The number of amides is 1. The molecule has 0 spiro atoms. The molecule has 0 aliphatic heterocycles. The topological polar surface area (TPSA) is 66.5 Å². The molecule has 1 N–H and O–H groups in total. The van der Waals surface area contributed by atoms with Crippen LogP contribution in [0.5, 0.6) is 0 Å². The Labute approximate surface area is 125 Å². The summed E-state index contributed by atoms with van der Waals surface area (Å²) >= 11 is 0. The van der Waals surface area contributed by atoms with E-state index in [1.165, 1.54) is 18.2 Å². The molecule has 0 bridgehead atoms. The zero-order chi connectivity index (χ0) is 15.0. The van der Waals surface area contributed by atoms with E-state index in [4.69, 9.17) is 0 Å². The number of nitrogens with one attached hydrogen (secondary N) is 1. The first-order valence-corrected chi connectivity index (χ1v) is 8.94. The molecule has 0 saturated heterocycles. The van der Waals surface area contributed by atoms with E-state index < -0.39 is 15.8 Å². The molecule has 5 nitrogen and oxygen atoms in total. The Morgan fingerprint density at radius 2 is 1.76 bits per heavy atom. The average molecular weight is 308 g/mol. The fourth-order valence-electron chi connectivity index (χ4n) is 3.10. The molecule has 1 aromatic rings. The monoisotopic (exact) mass is 308 g/mol. The van der Waals surface area contributed by atoms with Crippen LogP contribution in [0, 0.1) is 0 Å². The molecule has 0 radical (unpaired) electrons. The molecule has 1 amide bonds. The molecule has 0 unspecified atom stereocenters. The molecule has 1 fully saturated rings. The van der Waals surface area contributed by atoms with Crippen molar-refractivity contribution in [1.82, 2.24) is 9.62 Å². The number of carbonyl (C=O) groups is 1. The Morgan fingerprint density at radius 1 is 1.19 bits per heavy atom. The van der Waals surface area contributed by atoms with E-state index in [0.717, 1.165) is 25.7 Å². The summed E-state index contributed by atoms with van der Waals surface area (Å²) in [4.78, 5) is 14.3. The first-order valence-electron chi connectivity index (χ1n) is 7.29. The lowest BCUT2D eigenvalue weighted by molar-refractivity contribution is -0.131. The molecular formula is C15H20N2O3S. The van der Waals surface area contributed by atoms with Crippen molar-refractivity contribution >= 4 is 15.9 Å². The average Bonchev–Trinajstić information content (AvgIpc) is 3.17. The minimum absolute atomic E-state index is 0.106. The maximum atomic E-state index is 12.4. The van der Waals surface area contributed by atoms with Gasteiger partial charge >= 0.3 is 0 Å². The van der Waals surface area contributed by atoms with Crippen LogP contribution in [0.25, 0.3) is 0 Å². The molecule has 0 aromatic heterocycles. The molecule has 2 aliphatic carbocycles. The van der Waals surface area contributed by atoms with E-state index in [0.29, 0.717) is 0 Å². The van der Waals surface area contributed by atoms with Crippen LogP contribution in [0.2, 0.25) is 0 Å². The first kappa shape index (κ1) is 14.5. The normalized spacial score (nSPS) is 18.5. The molecule has 2 aliphatic rings. The summed E-state index contributed by atoms with van der Waals surface area (Å²) < 4.78 is 25.5. The number of hydrogen-bond acceptors (Lipinski definition) is 3. The maximum Gasteiger partial charge on any atom is 0.239 e. The van der Waals surface area contributed by atoms with Crippen LogP contribution in [0.15, 0.2) is 24.3 Å². The van der Waals surface area contributed by atoms with Gasteiger partial charge in [-0.05, 0) is 43.9 Å². The van der Waals surface area contributed by atoms with Gasteiger partial charge in [-0.25, -0.2) is 13.1 Å². The number of sulfonamides is 1. The van der Waals surface area contributed by atoms with Gasteiger partial charge in [0, 0.05) is 12.1 Å². The van der Waals surface area contributed by atoms with E-state index in [1.54, 1.807) is 0 Å². The van der Waals surface area contributed by atoms with Gasteiger partial charge in [-0.1, -0.05) is 24.3 Å². The Bertz CT molecular complexity index is 628. The number of benzene rings is 1. The van der Waals surface area contributed by atoms with Crippen LogP contribution in [0.3, 0.4) is 0 Å². The van der Waals surface area contributed by atoms with Crippen molar-refractivity contribution in [3.05, 3.63) is 35.4 Å². The molecule has 21 heavy (non-hydrogen) atoms. The number of nitrogens with zero attached hydrogens (tertiary/aromatic N) is 1. The van der Waals surface area contributed by atoms with Crippen molar-refractivity contribution in [1.29, 1.82) is 0 Å². The third kappa shape index (κ3) is 3.11. The van der Waals surface area contributed by atoms with Gasteiger partial charge in [0.2, 0.25) is 15.9 Å². The van der Waals surface area contributed by atoms with Crippen LogP contribution in [-0.4, -0.2) is 44.1 Å². The zero-order valence-corrected chi connectivity index (χ0v) is 12.9. The summed E-state index contributed by atoms with van der Waals surface area (Å²) in [6.07, 6.45) is 3.63. The lowest BCUT2D eigenvalue weighted by Gasteiger charge is -2.29. The summed E-state index contributed by atoms with van der Waals surface area (Å²) in [5, 5.41) is 0. The summed E-state index contributed by atoms with van der Waals surface area (Å²) in [5.41, 5.74) is 2.55. The lowest BCUT2D eigenvalue weighted by atomic mass is 10.1. The van der Waals surface area contributed by atoms with Gasteiger partial charge < -0.3 is 4.90 Å². The van der Waals surface area contributed by atoms with Gasteiger partial charge in [0.25, 0.3) is 0 Å².